The van der Waals surface area contributed by atoms with E-state index < -0.39 is 6.04 Å². The summed E-state index contributed by atoms with van der Waals surface area (Å²) in [6.07, 6.45) is 6.34. The summed E-state index contributed by atoms with van der Waals surface area (Å²) >= 11 is 1.63. The third-order valence-corrected chi connectivity index (χ3v) is 9.15. The molecule has 4 aromatic rings. The number of hydrogen-bond donors (Lipinski definition) is 0. The number of carbonyl (C=O) groups is 3. The molecule has 6 nitrogen and oxygen atoms in total. The Labute approximate surface area is 238 Å². The summed E-state index contributed by atoms with van der Waals surface area (Å²) in [7, 11) is 0. The molecule has 0 bridgehead atoms. The number of carbonyl (C=O) groups excluding carboxylic acids is 3. The van der Waals surface area contributed by atoms with Gasteiger partial charge < -0.3 is 4.90 Å². The zero-order chi connectivity index (χ0) is 27.6. The summed E-state index contributed by atoms with van der Waals surface area (Å²) in [5, 5.41) is 0.898. The van der Waals surface area contributed by atoms with Gasteiger partial charge in [-0.15, -0.1) is 11.3 Å². The highest BCUT2D eigenvalue weighted by Crippen LogP contribution is 2.34. The first-order valence-electron chi connectivity index (χ1n) is 14.2. The highest BCUT2D eigenvalue weighted by molar-refractivity contribution is 7.21. The van der Waals surface area contributed by atoms with Gasteiger partial charge in [0.25, 0.3) is 5.91 Å². The molecule has 2 fully saturated rings. The molecule has 1 saturated heterocycles. The van der Waals surface area contributed by atoms with Gasteiger partial charge in [0.05, 0.1) is 28.7 Å². The van der Waals surface area contributed by atoms with E-state index in [1.54, 1.807) is 16.2 Å². The van der Waals surface area contributed by atoms with Gasteiger partial charge in [-0.25, -0.2) is 9.88 Å². The van der Waals surface area contributed by atoms with Crippen molar-refractivity contribution in [3.63, 3.8) is 0 Å². The number of nitrogens with zero attached hydrogens (tertiary/aromatic N) is 3. The van der Waals surface area contributed by atoms with E-state index in [9.17, 15) is 14.4 Å². The second-order valence-electron chi connectivity index (χ2n) is 10.9. The minimum atomic E-state index is -0.765. The van der Waals surface area contributed by atoms with Crippen LogP contribution < -0.4 is 4.90 Å². The number of anilines is 1. The Kier molecular flexibility index (Phi) is 7.48. The molecule has 1 aliphatic carbocycles. The standard InChI is InChI=1S/C33H33N3O3S/c1-22-13-18-27-29(19-22)40-32(34-27)24-14-16-26(17-15-24)36-31(38)21-28(33(36)39)35(25-11-7-2-3-8-12-25)30(37)20-23-9-5-4-6-10-23/h4-6,9-10,13-19,25,28H,2-3,7-8,11-12,20-21H2,1H3. The van der Waals surface area contributed by atoms with Crippen molar-refractivity contribution in [2.24, 2.45) is 0 Å². The number of aromatic nitrogens is 1. The molecule has 1 atom stereocenters. The van der Waals surface area contributed by atoms with E-state index in [4.69, 9.17) is 4.98 Å². The number of rotatable bonds is 6. The lowest BCUT2D eigenvalue weighted by Gasteiger charge is -2.35. The van der Waals surface area contributed by atoms with Gasteiger partial charge in [0.15, 0.2) is 0 Å². The molecular formula is C33H33N3O3S. The quantitative estimate of drug-likeness (QED) is 0.198. The van der Waals surface area contributed by atoms with Crippen LogP contribution in [0.3, 0.4) is 0 Å². The molecule has 7 heteroatoms. The van der Waals surface area contributed by atoms with Crippen LogP contribution in [0.4, 0.5) is 5.69 Å². The first-order chi connectivity index (χ1) is 19.5. The van der Waals surface area contributed by atoms with E-state index >= 15 is 0 Å². The Balaban J connectivity index is 1.25. The average Bonchev–Trinajstić information content (AvgIpc) is 3.37. The predicted molar refractivity (Wildman–Crippen MR) is 159 cm³/mol. The van der Waals surface area contributed by atoms with Crippen LogP contribution in [0.5, 0.6) is 0 Å². The summed E-state index contributed by atoms with van der Waals surface area (Å²) in [6, 6.07) is 22.5. The molecule has 40 heavy (non-hydrogen) atoms. The van der Waals surface area contributed by atoms with E-state index in [2.05, 4.69) is 19.1 Å². The van der Waals surface area contributed by atoms with Crippen LogP contribution in [0.15, 0.2) is 72.8 Å². The number of amides is 3. The van der Waals surface area contributed by atoms with Gasteiger partial charge in [-0.3, -0.25) is 14.4 Å². The second-order valence-corrected chi connectivity index (χ2v) is 12.0. The second kappa shape index (κ2) is 11.3. The average molecular weight is 552 g/mol. The number of aryl methyl sites for hydroxylation is 1. The number of hydrogen-bond acceptors (Lipinski definition) is 5. The molecule has 0 radical (unpaired) electrons. The first kappa shape index (κ1) is 26.4. The van der Waals surface area contributed by atoms with E-state index in [1.165, 1.54) is 10.5 Å². The molecular weight excluding hydrogens is 518 g/mol. The maximum absolute atomic E-state index is 13.8. The van der Waals surface area contributed by atoms with Gasteiger partial charge in [0, 0.05) is 11.6 Å². The lowest BCUT2D eigenvalue weighted by Crippen LogP contribution is -2.51. The third kappa shape index (κ3) is 5.30. The Hall–Kier alpha value is -3.84. The zero-order valence-electron chi connectivity index (χ0n) is 22.7. The number of thiazole rings is 1. The van der Waals surface area contributed by atoms with Crippen LogP contribution >= 0.6 is 11.3 Å². The molecule has 1 unspecified atom stereocenters. The lowest BCUT2D eigenvalue weighted by molar-refractivity contribution is -0.140. The van der Waals surface area contributed by atoms with Gasteiger partial charge in [0.1, 0.15) is 11.0 Å². The van der Waals surface area contributed by atoms with Gasteiger partial charge in [0.2, 0.25) is 11.8 Å². The Morgan fingerprint density at radius 2 is 1.68 bits per heavy atom. The van der Waals surface area contributed by atoms with Crippen LogP contribution in [0.1, 0.15) is 56.1 Å². The fourth-order valence-corrected chi connectivity index (χ4v) is 7.11. The van der Waals surface area contributed by atoms with Crippen molar-refractivity contribution < 1.29 is 14.4 Å². The molecule has 3 aromatic carbocycles. The monoisotopic (exact) mass is 551 g/mol. The van der Waals surface area contributed by atoms with E-state index in [0.717, 1.165) is 64.9 Å². The number of benzene rings is 3. The Bertz CT molecular complexity index is 1540. The van der Waals surface area contributed by atoms with Crippen LogP contribution in [-0.2, 0) is 20.8 Å². The van der Waals surface area contributed by atoms with Crippen molar-refractivity contribution in [3.05, 3.63) is 83.9 Å². The highest BCUT2D eigenvalue weighted by atomic mass is 32.1. The maximum Gasteiger partial charge on any atom is 0.257 e. The largest absolute Gasteiger partial charge is 0.327 e. The molecule has 1 saturated carbocycles. The van der Waals surface area contributed by atoms with Gasteiger partial charge in [-0.2, -0.15) is 0 Å². The van der Waals surface area contributed by atoms with Crippen molar-refractivity contribution in [1.29, 1.82) is 0 Å². The Morgan fingerprint density at radius 1 is 0.950 bits per heavy atom. The Morgan fingerprint density at radius 3 is 2.40 bits per heavy atom. The molecule has 3 amide bonds. The fraction of sp³-hybridized carbons (Fsp3) is 0.333. The summed E-state index contributed by atoms with van der Waals surface area (Å²) in [6.45, 7) is 2.07. The summed E-state index contributed by atoms with van der Waals surface area (Å²) in [4.78, 5) is 48.7. The molecule has 204 valence electrons. The van der Waals surface area contributed by atoms with E-state index in [0.29, 0.717) is 5.69 Å². The van der Waals surface area contributed by atoms with Crippen molar-refractivity contribution in [2.75, 3.05) is 4.90 Å². The molecule has 2 heterocycles. The topological polar surface area (TPSA) is 70.6 Å². The maximum atomic E-state index is 13.8. The normalized spacial score (nSPS) is 18.3. The molecule has 2 aliphatic rings. The third-order valence-electron chi connectivity index (χ3n) is 8.08. The van der Waals surface area contributed by atoms with Crippen LogP contribution in [0.25, 0.3) is 20.8 Å². The minimum Gasteiger partial charge on any atom is -0.327 e. The van der Waals surface area contributed by atoms with Crippen molar-refractivity contribution in [3.8, 4) is 10.6 Å². The van der Waals surface area contributed by atoms with E-state index in [-0.39, 0.29) is 36.6 Å². The smallest absolute Gasteiger partial charge is 0.257 e. The summed E-state index contributed by atoms with van der Waals surface area (Å²) in [5.41, 5.74) is 4.55. The zero-order valence-corrected chi connectivity index (χ0v) is 23.5. The van der Waals surface area contributed by atoms with Gasteiger partial charge >= 0.3 is 0 Å². The van der Waals surface area contributed by atoms with Gasteiger partial charge in [-0.05, 0) is 67.3 Å². The van der Waals surface area contributed by atoms with Crippen molar-refractivity contribution >= 4 is 45.0 Å². The summed E-state index contributed by atoms with van der Waals surface area (Å²) < 4.78 is 1.13. The number of fused-ring (bicyclic) bond motifs is 1. The van der Waals surface area contributed by atoms with Crippen LogP contribution in [-0.4, -0.2) is 39.7 Å². The highest BCUT2D eigenvalue weighted by Gasteiger charge is 2.46. The van der Waals surface area contributed by atoms with Crippen molar-refractivity contribution in [2.45, 2.75) is 70.4 Å². The summed E-state index contributed by atoms with van der Waals surface area (Å²) in [5.74, 6) is -0.643. The van der Waals surface area contributed by atoms with E-state index in [1.807, 2.05) is 60.7 Å². The fourth-order valence-electron chi connectivity index (χ4n) is 6.04. The molecule has 1 aromatic heterocycles. The van der Waals surface area contributed by atoms with Crippen LogP contribution in [0, 0.1) is 6.92 Å². The van der Waals surface area contributed by atoms with Crippen molar-refractivity contribution in [1.82, 2.24) is 9.88 Å². The lowest BCUT2D eigenvalue weighted by atomic mass is 10.0. The minimum absolute atomic E-state index is 0.0227. The molecule has 0 N–H and O–H groups in total. The van der Waals surface area contributed by atoms with Crippen LogP contribution in [0.2, 0.25) is 0 Å². The first-order valence-corrected chi connectivity index (χ1v) is 15.0. The SMILES string of the molecule is Cc1ccc2nc(-c3ccc(N4C(=O)CC(N(C(=O)Cc5ccccc5)C5CCCCCC5)C4=O)cc3)sc2c1. The molecule has 6 rings (SSSR count). The van der Waals surface area contributed by atoms with Gasteiger partial charge in [-0.1, -0.05) is 62.1 Å². The number of imide groups is 1. The predicted octanol–water partition coefficient (Wildman–Crippen LogP) is 6.70. The molecule has 1 aliphatic heterocycles. The molecule has 0 spiro atoms.